The number of amides is 3. The highest BCUT2D eigenvalue weighted by Crippen LogP contribution is 2.52. The third kappa shape index (κ3) is 5.77. The normalized spacial score (nSPS) is 25.1. The number of anilines is 1. The number of nitrogens with two attached hydrogens (primary N) is 2. The largest absolute Gasteiger partial charge is 0.354 e. The van der Waals surface area contributed by atoms with Gasteiger partial charge in [-0.2, -0.15) is 4.98 Å². The van der Waals surface area contributed by atoms with E-state index in [-0.39, 0.29) is 23.3 Å². The first-order chi connectivity index (χ1) is 18.8. The summed E-state index contributed by atoms with van der Waals surface area (Å²) < 4.78 is 1.46. The molecule has 1 aliphatic heterocycles. The van der Waals surface area contributed by atoms with E-state index in [2.05, 4.69) is 41.3 Å². The number of carbonyl (C=O) groups is 2. The van der Waals surface area contributed by atoms with E-state index in [1.807, 2.05) is 12.1 Å². The van der Waals surface area contributed by atoms with Gasteiger partial charge in [0.2, 0.25) is 5.91 Å². The first-order valence-electron chi connectivity index (χ1n) is 14.2. The number of carbonyl (C=O) groups excluding carboxylic acids is 2. The smallest absolute Gasteiger partial charge is 0.338 e. The fourth-order valence-corrected chi connectivity index (χ4v) is 6.47. The van der Waals surface area contributed by atoms with Crippen molar-refractivity contribution in [3.05, 3.63) is 52.6 Å². The Morgan fingerprint density at radius 1 is 1.10 bits per heavy atom. The van der Waals surface area contributed by atoms with Gasteiger partial charge in [0.1, 0.15) is 5.82 Å². The van der Waals surface area contributed by atoms with E-state index in [0.717, 1.165) is 31.6 Å². The van der Waals surface area contributed by atoms with Crippen LogP contribution in [0.15, 0.2) is 41.3 Å². The van der Waals surface area contributed by atoms with Gasteiger partial charge in [-0.1, -0.05) is 12.1 Å². The van der Waals surface area contributed by atoms with Gasteiger partial charge in [0, 0.05) is 50.0 Å². The second kappa shape index (κ2) is 10.6. The van der Waals surface area contributed by atoms with Gasteiger partial charge < -0.3 is 26.2 Å². The Hall–Kier alpha value is -3.28. The second-order valence-electron chi connectivity index (χ2n) is 12.6. The zero-order chi connectivity index (χ0) is 28.8. The number of hydrogen-bond acceptors (Lipinski definition) is 7. The van der Waals surface area contributed by atoms with Gasteiger partial charge in [0.05, 0.1) is 11.2 Å². The number of benzene rings is 1. The van der Waals surface area contributed by atoms with E-state index < -0.39 is 11.2 Å². The summed E-state index contributed by atoms with van der Waals surface area (Å²) in [4.78, 5) is 47.7. The van der Waals surface area contributed by atoms with Crippen LogP contribution in [0.5, 0.6) is 0 Å². The van der Waals surface area contributed by atoms with Gasteiger partial charge in [-0.15, -0.1) is 0 Å². The van der Waals surface area contributed by atoms with Gasteiger partial charge in [-0.05, 0) is 83.2 Å². The van der Waals surface area contributed by atoms with E-state index in [4.69, 9.17) is 11.5 Å². The third-order valence-electron chi connectivity index (χ3n) is 8.91. The topological polar surface area (TPSA) is 143 Å². The standard InChI is InChI=1S/C29H42N8O3/c1-19(34(4)23-18-29(31)16-21(23)17-29)15-20-5-7-22(8-6-20)37-10-9-24(33-27(37)40)32-26(39)36-13-11-35(12-14-36)25(38)28(2,3)30/h5-10,19,21,23H,11-18,30-31H2,1-4H3,(H,32,33,39,40)/t19?,21?,23-,29?/m1/s1. The highest BCUT2D eigenvalue weighted by molar-refractivity contribution is 5.89. The van der Waals surface area contributed by atoms with E-state index in [1.165, 1.54) is 10.1 Å². The highest BCUT2D eigenvalue weighted by atomic mass is 16.2. The summed E-state index contributed by atoms with van der Waals surface area (Å²) in [6, 6.07) is 10.2. The minimum Gasteiger partial charge on any atom is -0.338 e. The summed E-state index contributed by atoms with van der Waals surface area (Å²) in [7, 11) is 2.21. The van der Waals surface area contributed by atoms with E-state index in [1.54, 1.807) is 35.9 Å². The van der Waals surface area contributed by atoms with Gasteiger partial charge in [0.25, 0.3) is 0 Å². The molecular formula is C29H42N8O3. The van der Waals surface area contributed by atoms with Gasteiger partial charge in [-0.3, -0.25) is 14.7 Å². The molecule has 1 unspecified atom stereocenters. The SMILES string of the molecule is CC(Cc1ccc(-n2ccc(NC(=O)N3CCN(C(=O)C(C)(C)N)CC3)nc2=O)cc1)N(C)[C@@H]1CC2(N)CC1C2. The number of piperazine rings is 1. The average molecular weight is 551 g/mol. The molecule has 11 heteroatoms. The van der Waals surface area contributed by atoms with Crippen LogP contribution in [0.2, 0.25) is 0 Å². The molecule has 3 amide bonds. The molecule has 5 N–H and O–H groups in total. The Bertz CT molecular complexity index is 1300. The Balaban J connectivity index is 1.15. The van der Waals surface area contributed by atoms with Gasteiger partial charge in [-0.25, -0.2) is 9.59 Å². The Labute approximate surface area is 235 Å². The number of nitrogens with zero attached hydrogens (tertiary/aromatic N) is 5. The van der Waals surface area contributed by atoms with Crippen molar-refractivity contribution in [2.45, 2.75) is 69.6 Å². The summed E-state index contributed by atoms with van der Waals surface area (Å²) >= 11 is 0. The average Bonchev–Trinajstić information content (AvgIpc) is 3.41. The van der Waals surface area contributed by atoms with Crippen molar-refractivity contribution in [1.29, 1.82) is 0 Å². The first-order valence-corrected chi connectivity index (χ1v) is 14.2. The molecule has 1 saturated heterocycles. The van der Waals surface area contributed by atoms with Crippen LogP contribution in [-0.2, 0) is 11.2 Å². The van der Waals surface area contributed by atoms with Crippen molar-refractivity contribution in [1.82, 2.24) is 24.3 Å². The van der Waals surface area contributed by atoms with Crippen LogP contribution in [0.4, 0.5) is 10.6 Å². The lowest BCUT2D eigenvalue weighted by Gasteiger charge is -2.37. The number of fused-ring (bicyclic) bond motifs is 1. The molecule has 2 heterocycles. The molecule has 0 radical (unpaired) electrons. The van der Waals surface area contributed by atoms with Crippen molar-refractivity contribution >= 4 is 17.8 Å². The fourth-order valence-electron chi connectivity index (χ4n) is 6.47. The van der Waals surface area contributed by atoms with Crippen LogP contribution in [0, 0.1) is 5.92 Å². The Morgan fingerprint density at radius 3 is 2.27 bits per heavy atom. The minimum absolute atomic E-state index is 0.0733. The number of urea groups is 1. The van der Waals surface area contributed by atoms with Crippen LogP contribution >= 0.6 is 0 Å². The van der Waals surface area contributed by atoms with Crippen LogP contribution in [0.1, 0.15) is 45.6 Å². The highest BCUT2D eigenvalue weighted by Gasteiger charge is 2.55. The number of aromatic nitrogens is 2. The molecule has 6 rings (SSSR count). The summed E-state index contributed by atoms with van der Waals surface area (Å²) in [6.45, 7) is 7.17. The van der Waals surface area contributed by atoms with Crippen LogP contribution in [0.25, 0.3) is 5.69 Å². The monoisotopic (exact) mass is 550 g/mol. The molecule has 3 aliphatic carbocycles. The van der Waals surface area contributed by atoms with Crippen molar-refractivity contribution in [2.24, 2.45) is 17.4 Å². The molecule has 216 valence electrons. The maximum Gasteiger partial charge on any atom is 0.354 e. The van der Waals surface area contributed by atoms with Crippen molar-refractivity contribution < 1.29 is 9.59 Å². The maximum atomic E-state index is 12.8. The maximum absolute atomic E-state index is 12.8. The molecule has 4 fully saturated rings. The van der Waals surface area contributed by atoms with Crippen molar-refractivity contribution in [3.63, 3.8) is 0 Å². The molecule has 2 aromatic rings. The lowest BCUT2D eigenvalue weighted by Crippen LogP contribution is -2.58. The molecular weight excluding hydrogens is 508 g/mol. The Morgan fingerprint density at radius 2 is 1.73 bits per heavy atom. The molecule has 1 aromatic carbocycles. The molecule has 4 aliphatic rings. The zero-order valence-electron chi connectivity index (χ0n) is 24.0. The van der Waals surface area contributed by atoms with E-state index >= 15 is 0 Å². The predicted molar refractivity (Wildman–Crippen MR) is 154 cm³/mol. The number of hydrogen-bond donors (Lipinski definition) is 3. The molecule has 1 aromatic heterocycles. The third-order valence-corrected chi connectivity index (χ3v) is 8.91. The number of rotatable bonds is 7. The first kappa shape index (κ1) is 28.3. The van der Waals surface area contributed by atoms with Gasteiger partial charge >= 0.3 is 11.7 Å². The summed E-state index contributed by atoms with van der Waals surface area (Å²) in [6.07, 6.45) is 5.94. The molecule has 11 nitrogen and oxygen atoms in total. The summed E-state index contributed by atoms with van der Waals surface area (Å²) in [5.41, 5.74) is 12.9. The predicted octanol–water partition coefficient (Wildman–Crippen LogP) is 1.39. The zero-order valence-corrected chi connectivity index (χ0v) is 24.0. The second-order valence-corrected chi connectivity index (χ2v) is 12.6. The fraction of sp³-hybridized carbons (Fsp3) is 0.586. The number of likely N-dealkylation sites (N-methyl/N-ethyl adjacent to an activating group) is 1. The molecule has 2 atom stereocenters. The van der Waals surface area contributed by atoms with Crippen LogP contribution in [-0.4, -0.2) is 92.6 Å². The van der Waals surface area contributed by atoms with Gasteiger partial charge in [0.15, 0.2) is 0 Å². The summed E-state index contributed by atoms with van der Waals surface area (Å²) in [5.74, 6) is 0.778. The lowest BCUT2D eigenvalue weighted by atomic mass is 9.77. The van der Waals surface area contributed by atoms with E-state index in [0.29, 0.717) is 44.0 Å². The van der Waals surface area contributed by atoms with E-state index in [9.17, 15) is 14.4 Å². The van der Waals surface area contributed by atoms with Crippen molar-refractivity contribution in [2.75, 3.05) is 38.5 Å². The molecule has 3 saturated carbocycles. The quantitative estimate of drug-likeness (QED) is 0.473. The van der Waals surface area contributed by atoms with Crippen LogP contribution < -0.4 is 22.5 Å². The molecule has 40 heavy (non-hydrogen) atoms. The molecule has 0 spiro atoms. The summed E-state index contributed by atoms with van der Waals surface area (Å²) in [5, 5.41) is 2.70. The lowest BCUT2D eigenvalue weighted by molar-refractivity contribution is -0.137. The van der Waals surface area contributed by atoms with Crippen LogP contribution in [0.3, 0.4) is 0 Å². The Kier molecular flexibility index (Phi) is 7.49. The number of nitrogens with one attached hydrogen (secondary N) is 1. The minimum atomic E-state index is -0.947. The molecule has 2 bridgehead atoms. The van der Waals surface area contributed by atoms with Crippen molar-refractivity contribution in [3.8, 4) is 5.69 Å².